The Hall–Kier alpha value is -1.61. The highest BCUT2D eigenvalue weighted by atomic mass is 16.4. The molecule has 1 aliphatic carbocycles. The molecule has 0 unspecified atom stereocenters. The highest BCUT2D eigenvalue weighted by molar-refractivity contribution is 5.80. The highest BCUT2D eigenvalue weighted by Gasteiger charge is 2.19. The molecule has 0 aliphatic heterocycles. The summed E-state index contributed by atoms with van der Waals surface area (Å²) in [7, 11) is 0. The first-order valence-electron chi connectivity index (χ1n) is 5.35. The van der Waals surface area contributed by atoms with E-state index >= 15 is 0 Å². The maximum atomic E-state index is 10.7. The maximum absolute atomic E-state index is 10.7. The van der Waals surface area contributed by atoms with Gasteiger partial charge in [0.05, 0.1) is 0 Å². The number of hydrogen-bond donors (Lipinski definition) is 2. The van der Waals surface area contributed by atoms with Gasteiger partial charge in [-0.1, -0.05) is 29.8 Å². The summed E-state index contributed by atoms with van der Waals surface area (Å²) in [6, 6.07) is 5.47. The van der Waals surface area contributed by atoms with E-state index in [2.05, 4.69) is 24.3 Å². The number of allylic oxidation sites excluding steroid dienone is 1. The van der Waals surface area contributed by atoms with Gasteiger partial charge >= 0.3 is 5.97 Å². The molecule has 2 rings (SSSR count). The Morgan fingerprint density at radius 2 is 2.31 bits per heavy atom. The molecule has 0 amide bonds. The number of aryl methyl sites for hydroxylation is 1. The average molecular weight is 217 g/mol. The van der Waals surface area contributed by atoms with Crippen molar-refractivity contribution < 1.29 is 9.90 Å². The third-order valence-electron chi connectivity index (χ3n) is 2.94. The Morgan fingerprint density at radius 1 is 1.56 bits per heavy atom. The number of carboxylic acids is 1. The van der Waals surface area contributed by atoms with Crippen LogP contribution in [0.4, 0.5) is 0 Å². The normalized spacial score (nSPS) is 15.5. The predicted octanol–water partition coefficient (Wildman–Crippen LogP) is 1.74. The molecule has 0 radical (unpaired) electrons. The van der Waals surface area contributed by atoms with Crippen LogP contribution >= 0.6 is 0 Å². The lowest BCUT2D eigenvalue weighted by Crippen LogP contribution is -2.30. The van der Waals surface area contributed by atoms with E-state index in [1.165, 1.54) is 11.1 Å². The number of rotatable bonds is 3. The third kappa shape index (κ3) is 1.99. The Kier molecular flexibility index (Phi) is 2.79. The van der Waals surface area contributed by atoms with Crippen molar-refractivity contribution in [2.75, 3.05) is 0 Å². The molecule has 0 saturated carbocycles. The number of benzene rings is 1. The van der Waals surface area contributed by atoms with Crippen LogP contribution in [0.5, 0.6) is 0 Å². The molecule has 3 nitrogen and oxygen atoms in total. The third-order valence-corrected chi connectivity index (χ3v) is 2.94. The average Bonchev–Trinajstić information content (AvgIpc) is 2.61. The van der Waals surface area contributed by atoms with Gasteiger partial charge in [-0.25, -0.2) is 0 Å². The maximum Gasteiger partial charge on any atom is 0.320 e. The monoisotopic (exact) mass is 217 g/mol. The van der Waals surface area contributed by atoms with E-state index in [0.29, 0.717) is 6.42 Å². The van der Waals surface area contributed by atoms with Crippen LogP contribution in [0.15, 0.2) is 24.3 Å². The van der Waals surface area contributed by atoms with Crippen molar-refractivity contribution in [1.29, 1.82) is 0 Å². The van der Waals surface area contributed by atoms with Crippen molar-refractivity contribution in [2.45, 2.75) is 25.8 Å². The van der Waals surface area contributed by atoms with Crippen LogP contribution in [-0.4, -0.2) is 17.1 Å². The summed E-state index contributed by atoms with van der Waals surface area (Å²) in [5.74, 6) is -0.943. The van der Waals surface area contributed by atoms with Crippen molar-refractivity contribution in [2.24, 2.45) is 5.73 Å². The summed E-state index contributed by atoms with van der Waals surface area (Å²) in [6.45, 7) is 2.04. The quantitative estimate of drug-likeness (QED) is 0.810. The molecular weight excluding hydrogens is 202 g/mol. The van der Waals surface area contributed by atoms with Crippen LogP contribution in [-0.2, 0) is 11.2 Å². The van der Waals surface area contributed by atoms with Gasteiger partial charge in [0.2, 0.25) is 0 Å². The van der Waals surface area contributed by atoms with E-state index in [4.69, 9.17) is 10.8 Å². The van der Waals surface area contributed by atoms with Gasteiger partial charge in [0.15, 0.2) is 0 Å². The Balaban J connectivity index is 2.22. The van der Waals surface area contributed by atoms with Crippen molar-refractivity contribution in [3.8, 4) is 0 Å². The van der Waals surface area contributed by atoms with Crippen molar-refractivity contribution >= 4 is 11.5 Å². The fraction of sp³-hybridized carbons (Fsp3) is 0.308. The second-order valence-corrected chi connectivity index (χ2v) is 4.24. The first-order chi connectivity index (χ1) is 7.58. The summed E-state index contributed by atoms with van der Waals surface area (Å²) in [6.07, 6.45) is 3.37. The van der Waals surface area contributed by atoms with Gasteiger partial charge in [-0.05, 0) is 36.5 Å². The van der Waals surface area contributed by atoms with Crippen LogP contribution in [0.3, 0.4) is 0 Å². The number of carboxylic acid groups (broad SMARTS) is 1. The molecule has 0 aromatic heterocycles. The van der Waals surface area contributed by atoms with Crippen molar-refractivity contribution in [1.82, 2.24) is 0 Å². The van der Waals surface area contributed by atoms with E-state index in [1.807, 2.05) is 6.92 Å². The zero-order valence-corrected chi connectivity index (χ0v) is 9.23. The van der Waals surface area contributed by atoms with Crippen LogP contribution in [0, 0.1) is 6.92 Å². The molecule has 3 heteroatoms. The van der Waals surface area contributed by atoms with Gasteiger partial charge in [-0.2, -0.15) is 0 Å². The highest BCUT2D eigenvalue weighted by Crippen LogP contribution is 2.31. The Labute approximate surface area is 94.6 Å². The van der Waals surface area contributed by atoms with Crippen molar-refractivity contribution in [3.63, 3.8) is 0 Å². The summed E-state index contributed by atoms with van der Waals surface area (Å²) in [5.41, 5.74) is 10.2. The largest absolute Gasteiger partial charge is 0.480 e. The summed E-state index contributed by atoms with van der Waals surface area (Å²) >= 11 is 0. The van der Waals surface area contributed by atoms with Gasteiger partial charge in [0.25, 0.3) is 0 Å². The summed E-state index contributed by atoms with van der Waals surface area (Å²) < 4.78 is 0. The number of aliphatic carboxylic acids is 1. The molecule has 0 bridgehead atoms. The first-order valence-corrected chi connectivity index (χ1v) is 5.35. The summed E-state index contributed by atoms with van der Waals surface area (Å²) in [5, 5.41) is 8.79. The lowest BCUT2D eigenvalue weighted by Gasteiger charge is -2.10. The standard InChI is InChI=1S/C13H15NO2/c1-8-2-3-9-4-5-10(11(9)6-8)7-12(14)13(15)16/h2-3,5-6,12H,4,7,14H2,1H3,(H,15,16)/t12-/m0/s1. The molecule has 0 heterocycles. The molecule has 3 N–H and O–H groups in total. The SMILES string of the molecule is Cc1ccc2c(c1)C(C[C@H](N)C(=O)O)=CC2. The van der Waals surface area contributed by atoms with Crippen LogP contribution < -0.4 is 5.73 Å². The zero-order valence-electron chi connectivity index (χ0n) is 9.23. The molecule has 16 heavy (non-hydrogen) atoms. The molecule has 84 valence electrons. The first kappa shape index (κ1) is 10.9. The molecule has 0 spiro atoms. The van der Waals surface area contributed by atoms with Gasteiger partial charge < -0.3 is 10.8 Å². The van der Waals surface area contributed by atoms with Gasteiger partial charge in [-0.15, -0.1) is 0 Å². The van der Waals surface area contributed by atoms with E-state index in [9.17, 15) is 4.79 Å². The minimum Gasteiger partial charge on any atom is -0.480 e. The molecule has 0 saturated heterocycles. The molecule has 1 atom stereocenters. The van der Waals surface area contributed by atoms with E-state index in [1.54, 1.807) is 0 Å². The summed E-state index contributed by atoms with van der Waals surface area (Å²) in [4.78, 5) is 10.7. The Morgan fingerprint density at radius 3 is 3.00 bits per heavy atom. The molecule has 1 aliphatic rings. The number of hydrogen-bond acceptors (Lipinski definition) is 2. The van der Waals surface area contributed by atoms with Crippen LogP contribution in [0.1, 0.15) is 23.1 Å². The van der Waals surface area contributed by atoms with Crippen LogP contribution in [0.2, 0.25) is 0 Å². The smallest absolute Gasteiger partial charge is 0.320 e. The fourth-order valence-electron chi connectivity index (χ4n) is 2.03. The number of nitrogens with two attached hydrogens (primary N) is 1. The lowest BCUT2D eigenvalue weighted by atomic mass is 9.98. The van der Waals surface area contributed by atoms with E-state index in [0.717, 1.165) is 17.6 Å². The topological polar surface area (TPSA) is 63.3 Å². The van der Waals surface area contributed by atoms with Gasteiger partial charge in [0, 0.05) is 0 Å². The molecule has 0 fully saturated rings. The Bertz CT molecular complexity index is 463. The van der Waals surface area contributed by atoms with E-state index in [-0.39, 0.29) is 0 Å². The number of carbonyl (C=O) groups is 1. The van der Waals surface area contributed by atoms with Crippen molar-refractivity contribution in [3.05, 3.63) is 41.0 Å². The lowest BCUT2D eigenvalue weighted by molar-refractivity contribution is -0.138. The minimum absolute atomic E-state index is 0.409. The predicted molar refractivity (Wildman–Crippen MR) is 63.1 cm³/mol. The molecular formula is C13H15NO2. The second-order valence-electron chi connectivity index (χ2n) is 4.24. The minimum atomic E-state index is -0.943. The van der Waals surface area contributed by atoms with E-state index < -0.39 is 12.0 Å². The molecule has 1 aromatic rings. The second kappa shape index (κ2) is 4.10. The van der Waals surface area contributed by atoms with Crippen LogP contribution in [0.25, 0.3) is 5.57 Å². The van der Waals surface area contributed by atoms with Gasteiger partial charge in [-0.3, -0.25) is 4.79 Å². The molecule has 1 aromatic carbocycles. The number of fused-ring (bicyclic) bond motifs is 1. The van der Waals surface area contributed by atoms with Gasteiger partial charge in [0.1, 0.15) is 6.04 Å². The zero-order chi connectivity index (χ0) is 11.7. The fourth-order valence-corrected chi connectivity index (χ4v) is 2.03.